The van der Waals surface area contributed by atoms with E-state index >= 15 is 0 Å². The zero-order valence-electron chi connectivity index (χ0n) is 14.8. The van der Waals surface area contributed by atoms with E-state index in [1.165, 1.54) is 0 Å². The second-order valence-electron chi connectivity index (χ2n) is 5.83. The molecule has 0 bridgehead atoms. The average molecular weight is 362 g/mol. The minimum atomic E-state index is -0.954. The third-order valence-electron chi connectivity index (χ3n) is 3.55. The van der Waals surface area contributed by atoms with Crippen LogP contribution in [-0.4, -0.2) is 49.2 Å². The zero-order valence-corrected chi connectivity index (χ0v) is 14.8. The van der Waals surface area contributed by atoms with Gasteiger partial charge in [-0.15, -0.1) is 0 Å². The Morgan fingerprint density at radius 2 is 1.68 bits per heavy atom. The minimum absolute atomic E-state index is 0.0197. The highest BCUT2D eigenvalue weighted by Gasteiger charge is 2.21. The van der Waals surface area contributed by atoms with Gasteiger partial charge in [0.2, 0.25) is 0 Å². The maximum atomic E-state index is 12.1. The van der Waals surface area contributed by atoms with Gasteiger partial charge >= 0.3 is 18.0 Å². The van der Waals surface area contributed by atoms with Crippen molar-refractivity contribution in [2.45, 2.75) is 58.0 Å². The molecule has 5 N–H and O–H groups in total. The van der Waals surface area contributed by atoms with E-state index in [9.17, 15) is 14.4 Å². The number of hydrogen-bond acceptors (Lipinski definition) is 7. The van der Waals surface area contributed by atoms with Gasteiger partial charge in [-0.2, -0.15) is 0 Å². The van der Waals surface area contributed by atoms with Gasteiger partial charge in [0, 0.05) is 6.42 Å². The van der Waals surface area contributed by atoms with E-state index in [4.69, 9.17) is 26.0 Å². The predicted molar refractivity (Wildman–Crippen MR) is 89.5 cm³/mol. The highest BCUT2D eigenvalue weighted by atomic mass is 16.6. The molecule has 2 unspecified atom stereocenters. The molecule has 0 fully saturated rings. The number of amides is 1. The molecule has 9 heteroatoms. The number of unbranched alkanes of at least 4 members (excludes halogenated alkanes) is 4. The fourth-order valence-corrected chi connectivity index (χ4v) is 2.15. The fourth-order valence-electron chi connectivity index (χ4n) is 2.15. The van der Waals surface area contributed by atoms with Crippen LogP contribution < -0.4 is 11.5 Å². The molecule has 0 aromatic heterocycles. The van der Waals surface area contributed by atoms with E-state index in [1.807, 2.05) is 0 Å². The van der Waals surface area contributed by atoms with E-state index in [1.54, 1.807) is 6.92 Å². The largest absolute Gasteiger partial charge is 0.481 e. The van der Waals surface area contributed by atoms with Crippen LogP contribution in [0.15, 0.2) is 0 Å². The molecule has 0 radical (unpaired) electrons. The molecule has 1 amide bonds. The smallest absolute Gasteiger partial charge is 0.404 e. The molecule has 0 saturated heterocycles. The van der Waals surface area contributed by atoms with Crippen molar-refractivity contribution in [2.75, 3.05) is 19.9 Å². The predicted octanol–water partition coefficient (Wildman–Crippen LogP) is 1.38. The Morgan fingerprint density at radius 3 is 2.28 bits per heavy atom. The number of carbonyl (C=O) groups is 3. The lowest BCUT2D eigenvalue weighted by Gasteiger charge is -2.19. The summed E-state index contributed by atoms with van der Waals surface area (Å²) in [6.45, 7) is 1.56. The van der Waals surface area contributed by atoms with E-state index in [0.717, 1.165) is 25.7 Å². The molecule has 0 spiro atoms. The van der Waals surface area contributed by atoms with Crippen molar-refractivity contribution in [1.29, 1.82) is 0 Å². The first kappa shape index (κ1) is 23.1. The van der Waals surface area contributed by atoms with Crippen molar-refractivity contribution in [2.24, 2.45) is 17.4 Å². The van der Waals surface area contributed by atoms with Gasteiger partial charge in [0.1, 0.15) is 6.61 Å². The second-order valence-corrected chi connectivity index (χ2v) is 5.83. The molecule has 0 aliphatic heterocycles. The summed E-state index contributed by atoms with van der Waals surface area (Å²) in [5.41, 5.74) is 10.1. The summed E-state index contributed by atoms with van der Waals surface area (Å²) in [6.07, 6.45) is 3.43. The SMILES string of the molecule is CC(CCCCCCCC(=O)O)C(=O)OC(COCN)COC(N)=O. The fraction of sp³-hybridized carbons (Fsp3) is 0.812. The van der Waals surface area contributed by atoms with Gasteiger partial charge in [0.05, 0.1) is 19.3 Å². The quantitative estimate of drug-likeness (QED) is 0.224. The zero-order chi connectivity index (χ0) is 19.1. The molecule has 9 nitrogen and oxygen atoms in total. The number of carboxylic acids is 1. The molecule has 0 heterocycles. The van der Waals surface area contributed by atoms with Crippen LogP contribution in [0.5, 0.6) is 0 Å². The molecule has 0 rings (SSSR count). The Hall–Kier alpha value is -1.87. The van der Waals surface area contributed by atoms with Gasteiger partial charge in [-0.25, -0.2) is 4.79 Å². The van der Waals surface area contributed by atoms with Crippen molar-refractivity contribution in [3.63, 3.8) is 0 Å². The van der Waals surface area contributed by atoms with E-state index in [-0.39, 0.29) is 32.3 Å². The third kappa shape index (κ3) is 14.2. The Balaban J connectivity index is 3.98. The average Bonchev–Trinajstić information content (AvgIpc) is 2.55. The van der Waals surface area contributed by atoms with Gasteiger partial charge in [-0.3, -0.25) is 9.59 Å². The number of nitrogens with two attached hydrogens (primary N) is 2. The van der Waals surface area contributed by atoms with Crippen molar-refractivity contribution in [3.05, 3.63) is 0 Å². The summed E-state index contributed by atoms with van der Waals surface area (Å²) in [4.78, 5) is 33.1. The Bertz CT molecular complexity index is 404. The topological polar surface area (TPSA) is 151 Å². The normalized spacial score (nSPS) is 13.0. The maximum Gasteiger partial charge on any atom is 0.404 e. The first-order valence-corrected chi connectivity index (χ1v) is 8.49. The van der Waals surface area contributed by atoms with Crippen molar-refractivity contribution >= 4 is 18.0 Å². The number of hydrogen-bond donors (Lipinski definition) is 3. The lowest BCUT2D eigenvalue weighted by atomic mass is 10.0. The molecule has 0 saturated carbocycles. The van der Waals surface area contributed by atoms with Gasteiger partial charge in [-0.05, 0) is 12.8 Å². The van der Waals surface area contributed by atoms with Gasteiger partial charge < -0.3 is 30.8 Å². The number of rotatable bonds is 15. The Morgan fingerprint density at radius 1 is 1.04 bits per heavy atom. The van der Waals surface area contributed by atoms with Gasteiger partial charge in [0.25, 0.3) is 0 Å². The number of carbonyl (C=O) groups excluding carboxylic acids is 2. The van der Waals surface area contributed by atoms with Gasteiger partial charge in [0.15, 0.2) is 6.10 Å². The Labute approximate surface area is 148 Å². The first-order chi connectivity index (χ1) is 11.9. The van der Waals surface area contributed by atoms with Gasteiger partial charge in [-0.1, -0.05) is 32.6 Å². The summed E-state index contributed by atoms with van der Waals surface area (Å²) < 4.78 is 14.9. The standard InChI is InChI=1S/C16H30N2O7/c1-12(7-5-3-2-4-6-8-14(19)20)15(21)25-13(9-23-11-17)10-24-16(18)22/h12-13H,2-11,17H2,1H3,(H2,18,22)(H,19,20). The van der Waals surface area contributed by atoms with E-state index < -0.39 is 24.1 Å². The summed E-state index contributed by atoms with van der Waals surface area (Å²) >= 11 is 0. The van der Waals surface area contributed by atoms with Crippen molar-refractivity contribution < 1.29 is 33.7 Å². The lowest BCUT2D eigenvalue weighted by Crippen LogP contribution is -2.33. The molecule has 146 valence electrons. The second kappa shape index (κ2) is 14.5. The van der Waals surface area contributed by atoms with E-state index in [0.29, 0.717) is 12.8 Å². The minimum Gasteiger partial charge on any atom is -0.481 e. The number of ether oxygens (including phenoxy) is 3. The molecule has 0 aliphatic carbocycles. The first-order valence-electron chi connectivity index (χ1n) is 8.49. The van der Waals surface area contributed by atoms with Crippen LogP contribution in [0, 0.1) is 5.92 Å². The number of aliphatic carboxylic acids is 1. The van der Waals surface area contributed by atoms with Crippen LogP contribution in [0.4, 0.5) is 4.79 Å². The van der Waals surface area contributed by atoms with Crippen molar-refractivity contribution in [3.8, 4) is 0 Å². The molecular weight excluding hydrogens is 332 g/mol. The molecule has 0 aromatic rings. The molecule has 0 aromatic carbocycles. The molecule has 25 heavy (non-hydrogen) atoms. The number of carboxylic acid groups (broad SMARTS) is 1. The summed E-state index contributed by atoms with van der Waals surface area (Å²) in [6, 6.07) is 0. The molecule has 0 aliphatic rings. The van der Waals surface area contributed by atoms with Crippen LogP contribution in [0.2, 0.25) is 0 Å². The maximum absolute atomic E-state index is 12.1. The van der Waals surface area contributed by atoms with Crippen LogP contribution in [0.1, 0.15) is 51.9 Å². The van der Waals surface area contributed by atoms with Crippen LogP contribution in [0.25, 0.3) is 0 Å². The molecular formula is C16H30N2O7. The number of primary amides is 1. The highest BCUT2D eigenvalue weighted by Crippen LogP contribution is 2.14. The highest BCUT2D eigenvalue weighted by molar-refractivity contribution is 5.72. The van der Waals surface area contributed by atoms with E-state index in [2.05, 4.69) is 4.74 Å². The van der Waals surface area contributed by atoms with Crippen molar-refractivity contribution in [1.82, 2.24) is 0 Å². The number of esters is 1. The summed E-state index contributed by atoms with van der Waals surface area (Å²) in [5, 5.41) is 8.54. The van der Waals surface area contributed by atoms with Crippen LogP contribution >= 0.6 is 0 Å². The monoisotopic (exact) mass is 362 g/mol. The third-order valence-corrected chi connectivity index (χ3v) is 3.55. The van der Waals surface area contributed by atoms with Crippen LogP contribution in [0.3, 0.4) is 0 Å². The lowest BCUT2D eigenvalue weighted by molar-refractivity contribution is -0.159. The summed E-state index contributed by atoms with van der Waals surface area (Å²) in [7, 11) is 0. The Kier molecular flexibility index (Phi) is 13.4. The molecule has 2 atom stereocenters. The summed E-state index contributed by atoms with van der Waals surface area (Å²) in [5.74, 6) is -1.47. The van der Waals surface area contributed by atoms with Crippen LogP contribution in [-0.2, 0) is 23.8 Å².